The van der Waals surface area contributed by atoms with E-state index in [-0.39, 0.29) is 6.10 Å². The molecule has 10 heavy (non-hydrogen) atoms. The Morgan fingerprint density at radius 2 is 1.80 bits per heavy atom. The van der Waals surface area contributed by atoms with Gasteiger partial charge < -0.3 is 5.11 Å². The molecule has 1 fully saturated rings. The van der Waals surface area contributed by atoms with Gasteiger partial charge >= 0.3 is 0 Å². The van der Waals surface area contributed by atoms with Crippen LogP contribution in [0, 0.1) is 5.92 Å². The van der Waals surface area contributed by atoms with Crippen molar-refractivity contribution in [2.75, 3.05) is 0 Å². The third-order valence-electron chi connectivity index (χ3n) is 2.39. The van der Waals surface area contributed by atoms with Crippen LogP contribution in [-0.2, 0) is 0 Å². The molecule has 0 spiro atoms. The minimum absolute atomic E-state index is 0.0319. The van der Waals surface area contributed by atoms with E-state index < -0.39 is 0 Å². The van der Waals surface area contributed by atoms with Gasteiger partial charge in [-0.05, 0) is 38.5 Å². The predicted molar refractivity (Wildman–Crippen MR) is 42.8 cm³/mol. The summed E-state index contributed by atoms with van der Waals surface area (Å²) >= 11 is 0. The summed E-state index contributed by atoms with van der Waals surface area (Å²) in [5.41, 5.74) is 1.28. The molecular weight excluding hydrogens is 124 g/mol. The van der Waals surface area contributed by atoms with E-state index in [9.17, 15) is 5.11 Å². The molecule has 0 bridgehead atoms. The highest BCUT2D eigenvalue weighted by Gasteiger charge is 2.18. The third kappa shape index (κ3) is 1.84. The van der Waals surface area contributed by atoms with Gasteiger partial charge in [0.05, 0.1) is 6.10 Å². The lowest BCUT2D eigenvalue weighted by atomic mass is 9.84. The average molecular weight is 140 g/mol. The minimum atomic E-state index is -0.0319. The molecule has 0 heterocycles. The average Bonchev–Trinajstić information content (AvgIpc) is 1.88. The molecule has 0 atom stereocenters. The van der Waals surface area contributed by atoms with Crippen molar-refractivity contribution in [3.05, 3.63) is 12.2 Å². The predicted octanol–water partition coefficient (Wildman–Crippen LogP) is 2.11. The maximum absolute atomic E-state index is 9.18. The normalized spacial score (nSPS) is 33.8. The molecule has 1 aliphatic rings. The summed E-state index contributed by atoms with van der Waals surface area (Å²) in [5, 5.41) is 9.18. The van der Waals surface area contributed by atoms with E-state index in [1.54, 1.807) is 0 Å². The van der Waals surface area contributed by atoms with Crippen LogP contribution in [0.4, 0.5) is 0 Å². The van der Waals surface area contributed by atoms with Gasteiger partial charge in [0.25, 0.3) is 0 Å². The first-order valence-electron chi connectivity index (χ1n) is 4.03. The van der Waals surface area contributed by atoms with Crippen molar-refractivity contribution in [1.29, 1.82) is 0 Å². The van der Waals surface area contributed by atoms with Gasteiger partial charge in [0, 0.05) is 0 Å². The van der Waals surface area contributed by atoms with E-state index in [4.69, 9.17) is 0 Å². The van der Waals surface area contributed by atoms with Crippen LogP contribution in [0.25, 0.3) is 0 Å². The fourth-order valence-corrected chi connectivity index (χ4v) is 1.57. The van der Waals surface area contributed by atoms with E-state index in [0.717, 1.165) is 25.7 Å². The van der Waals surface area contributed by atoms with Gasteiger partial charge in [-0.2, -0.15) is 0 Å². The Kier molecular flexibility index (Phi) is 2.50. The second-order valence-electron chi connectivity index (χ2n) is 3.35. The number of hydrogen-bond donors (Lipinski definition) is 1. The van der Waals surface area contributed by atoms with Crippen molar-refractivity contribution in [3.8, 4) is 0 Å². The van der Waals surface area contributed by atoms with E-state index in [2.05, 4.69) is 13.5 Å². The smallest absolute Gasteiger partial charge is 0.0540 e. The summed E-state index contributed by atoms with van der Waals surface area (Å²) < 4.78 is 0. The van der Waals surface area contributed by atoms with E-state index in [0.29, 0.717) is 5.92 Å². The van der Waals surface area contributed by atoms with Crippen LogP contribution in [-0.4, -0.2) is 11.2 Å². The number of hydrogen-bond acceptors (Lipinski definition) is 1. The van der Waals surface area contributed by atoms with E-state index >= 15 is 0 Å². The van der Waals surface area contributed by atoms with E-state index in [1.807, 2.05) is 0 Å². The second-order valence-corrected chi connectivity index (χ2v) is 3.35. The van der Waals surface area contributed by atoms with Gasteiger partial charge in [-0.25, -0.2) is 0 Å². The third-order valence-corrected chi connectivity index (χ3v) is 2.39. The quantitative estimate of drug-likeness (QED) is 0.553. The zero-order valence-corrected chi connectivity index (χ0v) is 6.64. The van der Waals surface area contributed by atoms with Crippen molar-refractivity contribution in [2.45, 2.75) is 38.7 Å². The molecular formula is C9H16O. The Bertz CT molecular complexity index is 121. The van der Waals surface area contributed by atoms with Crippen molar-refractivity contribution >= 4 is 0 Å². The largest absolute Gasteiger partial charge is 0.393 e. The maximum Gasteiger partial charge on any atom is 0.0540 e. The first kappa shape index (κ1) is 7.80. The Labute approximate surface area is 62.8 Å². The molecule has 0 aromatic carbocycles. The topological polar surface area (TPSA) is 20.2 Å². The standard InChI is InChI=1S/C9H16O/c1-7(2)8-3-5-9(10)6-4-8/h8-10H,1,3-6H2,2H3/t8-,9-. The number of allylic oxidation sites excluding steroid dienone is 1. The van der Waals surface area contributed by atoms with Crippen LogP contribution >= 0.6 is 0 Å². The van der Waals surface area contributed by atoms with E-state index in [1.165, 1.54) is 5.57 Å². The Balaban J connectivity index is 2.33. The van der Waals surface area contributed by atoms with Crippen LogP contribution < -0.4 is 0 Å². The second kappa shape index (κ2) is 3.20. The van der Waals surface area contributed by atoms with Crippen LogP contribution in [0.3, 0.4) is 0 Å². The van der Waals surface area contributed by atoms with Crippen molar-refractivity contribution in [2.24, 2.45) is 5.92 Å². The molecule has 0 saturated heterocycles. The molecule has 0 radical (unpaired) electrons. The molecule has 58 valence electrons. The Morgan fingerprint density at radius 1 is 1.30 bits per heavy atom. The summed E-state index contributed by atoms with van der Waals surface area (Å²) in [6, 6.07) is 0. The van der Waals surface area contributed by atoms with Crippen molar-refractivity contribution in [3.63, 3.8) is 0 Å². The van der Waals surface area contributed by atoms with Gasteiger partial charge in [-0.15, -0.1) is 0 Å². The maximum atomic E-state index is 9.18. The molecule has 0 aromatic heterocycles. The molecule has 0 amide bonds. The zero-order valence-electron chi connectivity index (χ0n) is 6.64. The monoisotopic (exact) mass is 140 g/mol. The van der Waals surface area contributed by atoms with Gasteiger partial charge in [0.1, 0.15) is 0 Å². The highest BCUT2D eigenvalue weighted by molar-refractivity contribution is 4.97. The fourth-order valence-electron chi connectivity index (χ4n) is 1.57. The molecule has 0 aromatic rings. The summed E-state index contributed by atoms with van der Waals surface area (Å²) in [4.78, 5) is 0. The summed E-state index contributed by atoms with van der Waals surface area (Å²) in [7, 11) is 0. The SMILES string of the molecule is C=C(C)[C@H]1CC[C@H](O)CC1. The van der Waals surface area contributed by atoms with Crippen LogP contribution in [0.15, 0.2) is 12.2 Å². The van der Waals surface area contributed by atoms with Crippen LogP contribution in [0.1, 0.15) is 32.6 Å². The lowest BCUT2D eigenvalue weighted by Gasteiger charge is -2.25. The first-order valence-corrected chi connectivity index (χ1v) is 4.03. The lowest BCUT2D eigenvalue weighted by molar-refractivity contribution is 0.116. The molecule has 0 aliphatic heterocycles. The summed E-state index contributed by atoms with van der Waals surface area (Å²) in [6.45, 7) is 6.01. The molecule has 1 aliphatic carbocycles. The molecule has 1 saturated carbocycles. The molecule has 1 heteroatoms. The van der Waals surface area contributed by atoms with Gasteiger partial charge in [-0.1, -0.05) is 12.2 Å². The lowest BCUT2D eigenvalue weighted by Crippen LogP contribution is -2.18. The fraction of sp³-hybridized carbons (Fsp3) is 0.778. The van der Waals surface area contributed by atoms with Crippen molar-refractivity contribution in [1.82, 2.24) is 0 Å². The summed E-state index contributed by atoms with van der Waals surface area (Å²) in [5.74, 6) is 0.684. The first-order chi connectivity index (χ1) is 4.70. The molecule has 0 unspecified atom stereocenters. The number of aliphatic hydroxyl groups is 1. The number of rotatable bonds is 1. The van der Waals surface area contributed by atoms with Gasteiger partial charge in [0.2, 0.25) is 0 Å². The minimum Gasteiger partial charge on any atom is -0.393 e. The summed E-state index contributed by atoms with van der Waals surface area (Å²) in [6.07, 6.45) is 4.18. The molecule has 1 nitrogen and oxygen atoms in total. The van der Waals surface area contributed by atoms with Crippen molar-refractivity contribution < 1.29 is 5.11 Å². The highest BCUT2D eigenvalue weighted by Crippen LogP contribution is 2.28. The van der Waals surface area contributed by atoms with Crippen LogP contribution in [0.2, 0.25) is 0 Å². The Morgan fingerprint density at radius 3 is 2.20 bits per heavy atom. The van der Waals surface area contributed by atoms with Crippen LogP contribution in [0.5, 0.6) is 0 Å². The molecule has 1 rings (SSSR count). The highest BCUT2D eigenvalue weighted by atomic mass is 16.3. The zero-order chi connectivity index (χ0) is 7.56. The Hall–Kier alpha value is -0.300. The van der Waals surface area contributed by atoms with Gasteiger partial charge in [0.15, 0.2) is 0 Å². The molecule has 1 N–H and O–H groups in total. The number of aliphatic hydroxyl groups excluding tert-OH is 1. The van der Waals surface area contributed by atoms with Gasteiger partial charge in [-0.3, -0.25) is 0 Å².